The summed E-state index contributed by atoms with van der Waals surface area (Å²) in [5.41, 5.74) is 2.81. The summed E-state index contributed by atoms with van der Waals surface area (Å²) in [6.45, 7) is 3.76. The summed E-state index contributed by atoms with van der Waals surface area (Å²) >= 11 is 1.47. The molecule has 1 heterocycles. The number of thioether (sulfide) groups is 1. The lowest BCUT2D eigenvalue weighted by atomic mass is 9.95. The zero-order chi connectivity index (χ0) is 22.7. The number of carbonyl (C=O) groups is 1. The van der Waals surface area contributed by atoms with Crippen molar-refractivity contribution in [1.82, 2.24) is 0 Å². The molecule has 3 aromatic carbocycles. The van der Waals surface area contributed by atoms with Crippen LogP contribution in [0.1, 0.15) is 11.1 Å². The van der Waals surface area contributed by atoms with E-state index in [1.54, 1.807) is 24.3 Å². The normalized spacial score (nSPS) is 14.6. The van der Waals surface area contributed by atoms with Crippen molar-refractivity contribution in [3.05, 3.63) is 108 Å². The minimum Gasteiger partial charge on any atom is -0.320 e. The molecule has 3 aromatic rings. The van der Waals surface area contributed by atoms with Crippen molar-refractivity contribution in [2.24, 2.45) is 0 Å². The highest BCUT2D eigenvalue weighted by Gasteiger charge is 2.40. The summed E-state index contributed by atoms with van der Waals surface area (Å²) in [7, 11) is -4.15. The van der Waals surface area contributed by atoms with Gasteiger partial charge in [0.15, 0.2) is 4.91 Å². The number of para-hydroxylation sites is 2. The molecule has 0 aliphatic carbocycles. The lowest BCUT2D eigenvalue weighted by molar-refractivity contribution is -0.112. The van der Waals surface area contributed by atoms with E-state index in [1.807, 2.05) is 60.9 Å². The predicted molar refractivity (Wildman–Crippen MR) is 132 cm³/mol. The minimum atomic E-state index is -4.15. The Hall–Kier alpha value is -3.29. The maximum Gasteiger partial charge on any atom is 0.270 e. The van der Waals surface area contributed by atoms with Crippen LogP contribution >= 0.6 is 11.8 Å². The van der Waals surface area contributed by atoms with Gasteiger partial charge in [0, 0.05) is 16.0 Å². The Morgan fingerprint density at radius 2 is 1.66 bits per heavy atom. The van der Waals surface area contributed by atoms with E-state index in [-0.39, 0.29) is 11.4 Å². The van der Waals surface area contributed by atoms with Gasteiger partial charge >= 0.3 is 0 Å². The highest BCUT2D eigenvalue weighted by atomic mass is 32.2. The Morgan fingerprint density at radius 3 is 2.38 bits per heavy atom. The molecule has 1 aliphatic heterocycles. The van der Waals surface area contributed by atoms with E-state index >= 15 is 0 Å². The molecule has 0 fully saturated rings. The van der Waals surface area contributed by atoms with Crippen molar-refractivity contribution in [3.8, 4) is 0 Å². The van der Waals surface area contributed by atoms with Gasteiger partial charge in [-0.2, -0.15) is 0 Å². The summed E-state index contributed by atoms with van der Waals surface area (Å²) in [6.07, 6.45) is 3.42. The Labute approximate surface area is 192 Å². The first-order chi connectivity index (χ1) is 15.5. The number of nitrogens with one attached hydrogen (secondary N) is 1. The van der Waals surface area contributed by atoms with Crippen molar-refractivity contribution in [1.29, 1.82) is 0 Å². The fraction of sp³-hybridized carbons (Fsp3) is 0.0800. The van der Waals surface area contributed by atoms with E-state index < -0.39 is 15.9 Å². The summed E-state index contributed by atoms with van der Waals surface area (Å²) in [4.78, 5) is 14.2. The molecule has 0 saturated carbocycles. The fourth-order valence-electron chi connectivity index (χ4n) is 3.76. The lowest BCUT2D eigenvalue weighted by Crippen LogP contribution is -2.39. The van der Waals surface area contributed by atoms with Crippen LogP contribution in [0.2, 0.25) is 0 Å². The van der Waals surface area contributed by atoms with Gasteiger partial charge < -0.3 is 5.32 Å². The number of carbonyl (C=O) groups excluding carboxylic acids is 1. The standard InChI is InChI=1S/C25H22N2O3S2/c1-3-17-27-21-15-9-7-13-19(21)23(18-11-5-4-6-12-18)24(32(27,29)30)25(28)26-20-14-8-10-16-22(20)31-2/h3-16H,1,17H2,2H3,(H,26,28). The molecule has 162 valence electrons. The monoisotopic (exact) mass is 462 g/mol. The SMILES string of the molecule is C=CCN1c2ccccc2C(c2ccccc2)=C(C(=O)Nc2ccccc2SC)S1(=O)=O. The zero-order valence-corrected chi connectivity index (χ0v) is 19.1. The average Bonchev–Trinajstić information content (AvgIpc) is 2.81. The summed E-state index contributed by atoms with van der Waals surface area (Å²) in [5, 5.41) is 2.83. The van der Waals surface area contributed by atoms with Gasteiger partial charge in [-0.15, -0.1) is 18.3 Å². The van der Waals surface area contributed by atoms with E-state index in [0.29, 0.717) is 28.1 Å². The number of sulfonamides is 1. The number of fused-ring (bicyclic) bond motifs is 1. The van der Waals surface area contributed by atoms with Crippen molar-refractivity contribution in [3.63, 3.8) is 0 Å². The summed E-state index contributed by atoms with van der Waals surface area (Å²) < 4.78 is 28.8. The molecule has 0 unspecified atom stereocenters. The molecule has 4 rings (SSSR count). The van der Waals surface area contributed by atoms with E-state index in [0.717, 1.165) is 4.90 Å². The molecule has 0 bridgehead atoms. The first-order valence-corrected chi connectivity index (χ1v) is 12.6. The molecular weight excluding hydrogens is 440 g/mol. The van der Waals surface area contributed by atoms with Crippen LogP contribution in [0.25, 0.3) is 5.57 Å². The number of amides is 1. The van der Waals surface area contributed by atoms with Gasteiger partial charge in [-0.1, -0.05) is 66.7 Å². The van der Waals surface area contributed by atoms with Crippen LogP contribution in [0.4, 0.5) is 11.4 Å². The maximum absolute atomic E-state index is 13.8. The molecule has 5 nitrogen and oxygen atoms in total. The first-order valence-electron chi connectivity index (χ1n) is 9.96. The average molecular weight is 463 g/mol. The summed E-state index contributed by atoms with van der Waals surface area (Å²) in [5.74, 6) is -0.672. The number of hydrogen-bond acceptors (Lipinski definition) is 4. The second kappa shape index (κ2) is 9.06. The van der Waals surface area contributed by atoms with Crippen LogP contribution in [-0.2, 0) is 14.8 Å². The van der Waals surface area contributed by atoms with E-state index in [1.165, 1.54) is 22.1 Å². The van der Waals surface area contributed by atoms with Crippen LogP contribution < -0.4 is 9.62 Å². The molecule has 1 N–H and O–H groups in total. The van der Waals surface area contributed by atoms with Gasteiger partial charge in [-0.3, -0.25) is 9.10 Å². The molecule has 32 heavy (non-hydrogen) atoms. The van der Waals surface area contributed by atoms with Crippen LogP contribution in [0.15, 0.2) is 101 Å². The Bertz CT molecular complexity index is 1320. The first kappa shape index (κ1) is 21.9. The topological polar surface area (TPSA) is 66.5 Å². The minimum absolute atomic E-state index is 0.0552. The third-order valence-electron chi connectivity index (χ3n) is 5.14. The summed E-state index contributed by atoms with van der Waals surface area (Å²) in [6, 6.07) is 23.6. The molecule has 0 radical (unpaired) electrons. The Balaban J connectivity index is 1.98. The largest absolute Gasteiger partial charge is 0.320 e. The van der Waals surface area contributed by atoms with Crippen molar-refractivity contribution < 1.29 is 13.2 Å². The fourth-order valence-corrected chi connectivity index (χ4v) is 6.02. The van der Waals surface area contributed by atoms with Gasteiger partial charge in [0.2, 0.25) is 0 Å². The Kier molecular flexibility index (Phi) is 6.21. The van der Waals surface area contributed by atoms with Gasteiger partial charge in [0.1, 0.15) is 0 Å². The molecule has 0 atom stereocenters. The van der Waals surface area contributed by atoms with Gasteiger partial charge in [0.25, 0.3) is 15.9 Å². The smallest absolute Gasteiger partial charge is 0.270 e. The highest BCUT2D eigenvalue weighted by Crippen LogP contribution is 2.43. The third-order valence-corrected chi connectivity index (χ3v) is 7.76. The maximum atomic E-state index is 13.8. The molecular formula is C25H22N2O3S2. The molecule has 1 amide bonds. The zero-order valence-electron chi connectivity index (χ0n) is 17.5. The predicted octanol–water partition coefficient (Wildman–Crippen LogP) is 5.14. The quantitative estimate of drug-likeness (QED) is 0.407. The number of benzene rings is 3. The number of hydrogen-bond donors (Lipinski definition) is 1. The van der Waals surface area contributed by atoms with Gasteiger partial charge in [0.05, 0.1) is 17.9 Å². The number of rotatable bonds is 6. The molecule has 0 spiro atoms. The van der Waals surface area contributed by atoms with E-state index in [2.05, 4.69) is 11.9 Å². The van der Waals surface area contributed by atoms with Crippen molar-refractivity contribution in [2.45, 2.75) is 4.90 Å². The van der Waals surface area contributed by atoms with E-state index in [9.17, 15) is 13.2 Å². The van der Waals surface area contributed by atoms with Crippen LogP contribution in [0, 0.1) is 0 Å². The molecule has 0 saturated heterocycles. The Morgan fingerprint density at radius 1 is 1.00 bits per heavy atom. The third kappa shape index (κ3) is 3.85. The van der Waals surface area contributed by atoms with Gasteiger partial charge in [-0.25, -0.2) is 8.42 Å². The molecule has 0 aromatic heterocycles. The van der Waals surface area contributed by atoms with Crippen LogP contribution in [-0.4, -0.2) is 27.1 Å². The molecule has 7 heteroatoms. The van der Waals surface area contributed by atoms with Crippen LogP contribution in [0.3, 0.4) is 0 Å². The van der Waals surface area contributed by atoms with Crippen LogP contribution in [0.5, 0.6) is 0 Å². The number of anilines is 2. The molecule has 1 aliphatic rings. The van der Waals surface area contributed by atoms with Crippen molar-refractivity contribution in [2.75, 3.05) is 22.4 Å². The highest BCUT2D eigenvalue weighted by molar-refractivity contribution is 7.98. The second-order valence-electron chi connectivity index (χ2n) is 7.07. The van der Waals surface area contributed by atoms with E-state index in [4.69, 9.17) is 0 Å². The lowest BCUT2D eigenvalue weighted by Gasteiger charge is -2.32. The number of nitrogens with zero attached hydrogens (tertiary/aromatic N) is 1. The second-order valence-corrected chi connectivity index (χ2v) is 9.71. The van der Waals surface area contributed by atoms with Crippen molar-refractivity contribution >= 4 is 44.6 Å². The van der Waals surface area contributed by atoms with Gasteiger partial charge in [-0.05, 0) is 30.0 Å².